The number of amidine groups is 1. The zero-order chi connectivity index (χ0) is 31.6. The number of allylic oxidation sites excluding steroid dienone is 2. The van der Waals surface area contributed by atoms with E-state index in [2.05, 4.69) is 100 Å². The summed E-state index contributed by atoms with van der Waals surface area (Å²) in [5.74, 6) is 1.35. The molecular weight excluding hydrogens is 556 g/mol. The fourth-order valence-electron chi connectivity index (χ4n) is 5.69. The van der Waals surface area contributed by atoms with Crippen LogP contribution in [0.4, 0.5) is 5.13 Å². The van der Waals surface area contributed by atoms with Crippen molar-refractivity contribution < 1.29 is 9.47 Å². The van der Waals surface area contributed by atoms with E-state index in [0.29, 0.717) is 31.6 Å². The molecule has 0 bridgehead atoms. The van der Waals surface area contributed by atoms with Gasteiger partial charge in [0, 0.05) is 56.4 Å². The van der Waals surface area contributed by atoms with Crippen LogP contribution in [0.25, 0.3) is 0 Å². The first-order valence-corrected chi connectivity index (χ1v) is 17.1. The molecule has 0 saturated carbocycles. The lowest BCUT2D eigenvalue weighted by Gasteiger charge is -2.43. The molecule has 3 heterocycles. The number of rotatable bonds is 20. The third-order valence-corrected chi connectivity index (χ3v) is 10.4. The van der Waals surface area contributed by atoms with Crippen LogP contribution in [0.15, 0.2) is 46.8 Å². The predicted molar refractivity (Wildman–Crippen MR) is 183 cm³/mol. The number of hydrogen-bond donors (Lipinski definition) is 2. The van der Waals surface area contributed by atoms with Crippen molar-refractivity contribution in [1.82, 2.24) is 20.7 Å². The number of epoxide rings is 1. The highest BCUT2D eigenvalue weighted by Crippen LogP contribution is 2.38. The molecule has 1 aromatic heterocycles. The van der Waals surface area contributed by atoms with Crippen LogP contribution >= 0.6 is 11.3 Å². The highest BCUT2D eigenvalue weighted by atomic mass is 32.1. The molecule has 242 valence electrons. The summed E-state index contributed by atoms with van der Waals surface area (Å²) in [5, 5.41) is 9.08. The summed E-state index contributed by atoms with van der Waals surface area (Å²) in [6, 6.07) is 0. The minimum absolute atomic E-state index is 0.0279. The molecule has 5 atom stereocenters. The molecule has 8 nitrogen and oxygen atoms in total. The molecule has 0 radical (unpaired) electrons. The van der Waals surface area contributed by atoms with E-state index >= 15 is 0 Å². The number of ether oxygens (including phenoxy) is 2. The minimum atomic E-state index is -0.399. The normalized spacial score (nSPS) is 22.9. The highest BCUT2D eigenvalue weighted by molar-refractivity contribution is 7.13. The number of nitrogens with zero attached hydrogens (tertiary/aromatic N) is 4. The van der Waals surface area contributed by atoms with Gasteiger partial charge in [0.15, 0.2) is 10.9 Å². The third kappa shape index (κ3) is 9.98. The van der Waals surface area contributed by atoms with Crippen molar-refractivity contribution in [2.75, 3.05) is 45.3 Å². The van der Waals surface area contributed by atoms with Gasteiger partial charge in [-0.2, -0.15) is 5.01 Å². The van der Waals surface area contributed by atoms with Crippen LogP contribution < -0.4 is 15.6 Å². The van der Waals surface area contributed by atoms with E-state index in [1.165, 1.54) is 11.1 Å². The molecule has 2 N–H and O–H groups in total. The molecule has 0 aromatic carbocycles. The Morgan fingerprint density at radius 1 is 1.35 bits per heavy atom. The Morgan fingerprint density at radius 3 is 2.70 bits per heavy atom. The summed E-state index contributed by atoms with van der Waals surface area (Å²) in [6.45, 7) is 24.5. The first-order chi connectivity index (χ1) is 20.5. The second-order valence-electron chi connectivity index (χ2n) is 12.7. The SMILES string of the molecule is C=C(CCC(CC)C(=C)C)Cc1csc(N(C)C(CC(C)(CC)NC)N2CC=CC(=NCCC(C)C3(OCC)CO3)N2)n1. The number of aromatic nitrogens is 1. The van der Waals surface area contributed by atoms with Gasteiger partial charge in [0.25, 0.3) is 0 Å². The van der Waals surface area contributed by atoms with E-state index in [9.17, 15) is 0 Å². The second-order valence-corrected chi connectivity index (χ2v) is 13.5. The standard InChI is InChI=1S/C34H58N6O2S/c1-11-28(25(4)5)17-16-26(6)21-29-23-43-32(37-29)39(10)31(22-33(8,12-2)35-9)40-20-14-15-30(38-40)36-19-18-27(7)34(24-42-34)41-13-3/h14-15,23,27-28,31,35H,4,6,11-13,16-22,24H2,1-3,5,7-10H3,(H,36,38). The van der Waals surface area contributed by atoms with E-state index in [1.54, 1.807) is 11.3 Å². The molecule has 9 heteroatoms. The topological polar surface area (TPSA) is 77.5 Å². The summed E-state index contributed by atoms with van der Waals surface area (Å²) < 4.78 is 11.5. The second kappa shape index (κ2) is 16.3. The zero-order valence-corrected chi connectivity index (χ0v) is 29.0. The smallest absolute Gasteiger partial charge is 0.194 e. The molecule has 0 amide bonds. The monoisotopic (exact) mass is 614 g/mol. The molecule has 2 aliphatic heterocycles. The summed E-state index contributed by atoms with van der Waals surface area (Å²) in [5.41, 5.74) is 7.21. The Labute approximate surface area is 265 Å². The molecule has 0 aliphatic carbocycles. The first-order valence-electron chi connectivity index (χ1n) is 16.2. The van der Waals surface area contributed by atoms with Gasteiger partial charge in [0.05, 0.1) is 5.69 Å². The van der Waals surface area contributed by atoms with Crippen molar-refractivity contribution in [3.63, 3.8) is 0 Å². The number of nitrogens with one attached hydrogen (secondary N) is 2. The van der Waals surface area contributed by atoms with Crippen LogP contribution in [0.1, 0.15) is 85.8 Å². The molecular formula is C34H58N6O2S. The average molecular weight is 615 g/mol. The van der Waals surface area contributed by atoms with Gasteiger partial charge >= 0.3 is 0 Å². The van der Waals surface area contributed by atoms with Crippen molar-refractivity contribution in [2.24, 2.45) is 16.8 Å². The predicted octanol–water partition coefficient (Wildman–Crippen LogP) is 6.73. The summed E-state index contributed by atoms with van der Waals surface area (Å²) in [6.07, 6.45) is 11.3. The van der Waals surface area contributed by atoms with Gasteiger partial charge in [0.2, 0.25) is 0 Å². The molecule has 5 unspecified atom stereocenters. The van der Waals surface area contributed by atoms with Gasteiger partial charge in [-0.05, 0) is 71.9 Å². The van der Waals surface area contributed by atoms with Crippen molar-refractivity contribution in [3.8, 4) is 0 Å². The fourth-order valence-corrected chi connectivity index (χ4v) is 6.52. The average Bonchev–Trinajstić information content (AvgIpc) is 3.64. The van der Waals surface area contributed by atoms with E-state index in [1.807, 2.05) is 6.92 Å². The van der Waals surface area contributed by atoms with E-state index in [-0.39, 0.29) is 11.7 Å². The lowest BCUT2D eigenvalue weighted by molar-refractivity contribution is -0.0744. The van der Waals surface area contributed by atoms with Crippen molar-refractivity contribution in [3.05, 3.63) is 47.5 Å². The third-order valence-electron chi connectivity index (χ3n) is 9.38. The van der Waals surface area contributed by atoms with Crippen LogP contribution in [-0.2, 0) is 15.9 Å². The number of thiazole rings is 1. The zero-order valence-electron chi connectivity index (χ0n) is 28.2. The van der Waals surface area contributed by atoms with E-state index < -0.39 is 5.79 Å². The quantitative estimate of drug-likeness (QED) is 0.125. The highest BCUT2D eigenvalue weighted by Gasteiger charge is 2.50. The molecule has 3 rings (SSSR count). The fraction of sp³-hybridized carbons (Fsp3) is 0.706. The lowest BCUT2D eigenvalue weighted by Crippen LogP contribution is -2.60. The van der Waals surface area contributed by atoms with Gasteiger partial charge in [-0.3, -0.25) is 4.99 Å². The van der Waals surface area contributed by atoms with Gasteiger partial charge in [-0.1, -0.05) is 51.2 Å². The van der Waals surface area contributed by atoms with E-state index in [4.69, 9.17) is 19.5 Å². The Balaban J connectivity index is 1.68. The maximum absolute atomic E-state index is 5.85. The summed E-state index contributed by atoms with van der Waals surface area (Å²) in [4.78, 5) is 12.3. The number of hydrazine groups is 1. The van der Waals surface area contributed by atoms with Gasteiger partial charge in [-0.25, -0.2) is 4.98 Å². The number of anilines is 1. The van der Waals surface area contributed by atoms with Crippen LogP contribution in [0, 0.1) is 11.8 Å². The molecule has 1 aromatic rings. The summed E-state index contributed by atoms with van der Waals surface area (Å²) in [7, 11) is 4.22. The van der Waals surface area contributed by atoms with E-state index in [0.717, 1.165) is 68.2 Å². The van der Waals surface area contributed by atoms with Crippen LogP contribution in [0.2, 0.25) is 0 Å². The number of aliphatic imine (C=N–C) groups is 1. The lowest BCUT2D eigenvalue weighted by atomic mass is 9.91. The first kappa shape index (κ1) is 35.4. The molecule has 0 spiro atoms. The molecule has 1 fully saturated rings. The Morgan fingerprint density at radius 2 is 2.09 bits per heavy atom. The van der Waals surface area contributed by atoms with Gasteiger partial charge < -0.3 is 25.1 Å². The maximum atomic E-state index is 5.85. The van der Waals surface area contributed by atoms with Crippen molar-refractivity contribution in [2.45, 2.75) is 104 Å². The van der Waals surface area contributed by atoms with Crippen LogP contribution in [-0.4, -0.2) is 73.7 Å². The minimum Gasteiger partial charge on any atom is -0.348 e. The largest absolute Gasteiger partial charge is 0.348 e. The molecule has 43 heavy (non-hydrogen) atoms. The summed E-state index contributed by atoms with van der Waals surface area (Å²) >= 11 is 1.71. The maximum Gasteiger partial charge on any atom is 0.194 e. The number of hydrogen-bond acceptors (Lipinski definition) is 8. The Kier molecular flexibility index (Phi) is 13.5. The van der Waals surface area contributed by atoms with Gasteiger partial charge in [-0.15, -0.1) is 11.3 Å². The van der Waals surface area contributed by atoms with Crippen molar-refractivity contribution in [1.29, 1.82) is 0 Å². The Bertz CT molecular complexity index is 1110. The van der Waals surface area contributed by atoms with Crippen LogP contribution in [0.3, 0.4) is 0 Å². The van der Waals surface area contributed by atoms with Gasteiger partial charge in [0.1, 0.15) is 18.6 Å². The Hall–Kier alpha value is -2.04. The van der Waals surface area contributed by atoms with Crippen molar-refractivity contribution >= 4 is 22.3 Å². The molecule has 1 saturated heterocycles. The van der Waals surface area contributed by atoms with Crippen LogP contribution in [0.5, 0.6) is 0 Å². The molecule has 2 aliphatic rings.